The summed E-state index contributed by atoms with van der Waals surface area (Å²) in [5.74, 6) is 0.402. The predicted molar refractivity (Wildman–Crippen MR) is 62.2 cm³/mol. The molecule has 0 fully saturated rings. The van der Waals surface area contributed by atoms with E-state index in [1.54, 1.807) is 0 Å². The number of benzene rings is 1. The second-order valence-electron chi connectivity index (χ2n) is 3.84. The van der Waals surface area contributed by atoms with Gasteiger partial charge in [0.2, 0.25) is 0 Å². The number of ether oxygens (including phenoxy) is 1. The largest absolute Gasteiger partial charge is 0.507 e. The van der Waals surface area contributed by atoms with Crippen LogP contribution in [0.4, 0.5) is 0 Å². The molecular weight excluding hydrogens is 188 g/mol. The van der Waals surface area contributed by atoms with Crippen molar-refractivity contribution in [3.05, 3.63) is 28.8 Å². The van der Waals surface area contributed by atoms with Gasteiger partial charge in [-0.25, -0.2) is 0 Å². The third-order valence-corrected chi connectivity index (χ3v) is 2.40. The Balaban J connectivity index is 2.81. The van der Waals surface area contributed by atoms with Crippen LogP contribution in [0.25, 0.3) is 0 Å². The van der Waals surface area contributed by atoms with Gasteiger partial charge in [-0.2, -0.15) is 0 Å². The van der Waals surface area contributed by atoms with Crippen molar-refractivity contribution in [1.82, 2.24) is 0 Å². The highest BCUT2D eigenvalue weighted by atomic mass is 16.5. The second-order valence-corrected chi connectivity index (χ2v) is 3.84. The van der Waals surface area contributed by atoms with E-state index >= 15 is 0 Å². The van der Waals surface area contributed by atoms with Gasteiger partial charge in [-0.1, -0.05) is 31.5 Å². The minimum absolute atomic E-state index is 0.402. The van der Waals surface area contributed by atoms with Gasteiger partial charge >= 0.3 is 0 Å². The molecule has 0 aromatic heterocycles. The first kappa shape index (κ1) is 12.1. The number of rotatable bonds is 5. The van der Waals surface area contributed by atoms with E-state index in [0.29, 0.717) is 12.4 Å². The molecule has 0 saturated carbocycles. The fraction of sp³-hybridized carbons (Fsp3) is 0.538. The molecule has 0 heterocycles. The molecule has 1 aromatic carbocycles. The Bertz CT molecular complexity index is 319. The minimum Gasteiger partial charge on any atom is -0.507 e. The average Bonchev–Trinajstić information content (AvgIpc) is 2.23. The number of phenols is 1. The Morgan fingerprint density at radius 1 is 1.20 bits per heavy atom. The zero-order chi connectivity index (χ0) is 11.3. The summed E-state index contributed by atoms with van der Waals surface area (Å²) in [5, 5.41) is 9.93. The van der Waals surface area contributed by atoms with Crippen molar-refractivity contribution >= 4 is 0 Å². The maximum absolute atomic E-state index is 9.93. The number of aromatic hydroxyl groups is 1. The Labute approximate surface area is 91.9 Å². The highest BCUT2D eigenvalue weighted by Gasteiger charge is 2.07. The van der Waals surface area contributed by atoms with E-state index in [-0.39, 0.29) is 0 Å². The van der Waals surface area contributed by atoms with E-state index in [0.717, 1.165) is 30.6 Å². The van der Waals surface area contributed by atoms with Gasteiger partial charge in [0.05, 0.1) is 6.61 Å². The Kier molecular flexibility index (Phi) is 4.63. The van der Waals surface area contributed by atoms with Gasteiger partial charge in [0.1, 0.15) is 5.75 Å². The summed E-state index contributed by atoms with van der Waals surface area (Å²) in [4.78, 5) is 0. The van der Waals surface area contributed by atoms with Crippen LogP contribution >= 0.6 is 0 Å². The van der Waals surface area contributed by atoms with E-state index in [9.17, 15) is 5.11 Å². The smallest absolute Gasteiger partial charge is 0.124 e. The normalized spacial score (nSPS) is 10.6. The van der Waals surface area contributed by atoms with Gasteiger partial charge in [0.15, 0.2) is 0 Å². The van der Waals surface area contributed by atoms with E-state index in [1.165, 1.54) is 5.56 Å². The molecule has 0 spiro atoms. The maximum Gasteiger partial charge on any atom is 0.124 e. The number of hydrogen-bond acceptors (Lipinski definition) is 2. The lowest BCUT2D eigenvalue weighted by Gasteiger charge is -2.10. The molecule has 15 heavy (non-hydrogen) atoms. The molecule has 1 N–H and O–H groups in total. The van der Waals surface area contributed by atoms with Crippen LogP contribution in [-0.4, -0.2) is 11.7 Å². The van der Waals surface area contributed by atoms with Crippen molar-refractivity contribution in [3.8, 4) is 5.75 Å². The molecule has 0 radical (unpaired) electrons. The Morgan fingerprint density at radius 3 is 2.47 bits per heavy atom. The summed E-state index contributed by atoms with van der Waals surface area (Å²) in [6.07, 6.45) is 1.86. The second kappa shape index (κ2) is 5.76. The molecule has 0 amide bonds. The summed E-state index contributed by atoms with van der Waals surface area (Å²) in [5.41, 5.74) is 3.09. The fourth-order valence-electron chi connectivity index (χ4n) is 1.64. The van der Waals surface area contributed by atoms with Crippen LogP contribution in [0.5, 0.6) is 5.75 Å². The molecule has 2 heteroatoms. The molecular formula is C13H20O2. The van der Waals surface area contributed by atoms with E-state index in [1.807, 2.05) is 26.0 Å². The van der Waals surface area contributed by atoms with Crippen LogP contribution in [0.15, 0.2) is 12.1 Å². The van der Waals surface area contributed by atoms with E-state index in [2.05, 4.69) is 6.92 Å². The van der Waals surface area contributed by atoms with Gasteiger partial charge in [-0.15, -0.1) is 0 Å². The first-order valence-corrected chi connectivity index (χ1v) is 5.58. The van der Waals surface area contributed by atoms with Gasteiger partial charge in [-0.05, 0) is 25.3 Å². The van der Waals surface area contributed by atoms with E-state index < -0.39 is 0 Å². The first-order valence-electron chi connectivity index (χ1n) is 5.58. The molecule has 1 rings (SSSR count). The average molecular weight is 208 g/mol. The topological polar surface area (TPSA) is 29.5 Å². The fourth-order valence-corrected chi connectivity index (χ4v) is 1.64. The van der Waals surface area contributed by atoms with Gasteiger partial charge in [0, 0.05) is 12.2 Å². The molecule has 0 bridgehead atoms. The number of hydrogen-bond donors (Lipinski definition) is 1. The summed E-state index contributed by atoms with van der Waals surface area (Å²) >= 11 is 0. The summed E-state index contributed by atoms with van der Waals surface area (Å²) in [6.45, 7) is 7.42. The Morgan fingerprint density at radius 2 is 1.87 bits per heavy atom. The molecule has 0 saturated heterocycles. The van der Waals surface area contributed by atoms with Crippen LogP contribution in [0, 0.1) is 6.92 Å². The molecule has 1 aromatic rings. The zero-order valence-electron chi connectivity index (χ0n) is 9.84. The van der Waals surface area contributed by atoms with Crippen LogP contribution in [-0.2, 0) is 17.8 Å². The highest BCUT2D eigenvalue weighted by molar-refractivity contribution is 5.43. The van der Waals surface area contributed by atoms with Crippen LogP contribution in [0.1, 0.15) is 37.0 Å². The standard InChI is InChI=1S/C13H20O2/c1-4-6-15-9-12-8-10(3)7-11(5-2)13(12)14/h7-8,14H,4-6,9H2,1-3H3. The lowest BCUT2D eigenvalue weighted by molar-refractivity contribution is 0.119. The van der Waals surface area contributed by atoms with Gasteiger partial charge in [-0.3, -0.25) is 0 Å². The molecule has 0 aliphatic heterocycles. The van der Waals surface area contributed by atoms with Crippen molar-refractivity contribution < 1.29 is 9.84 Å². The molecule has 0 atom stereocenters. The summed E-state index contributed by atoms with van der Waals surface area (Å²) in [6, 6.07) is 4.02. The highest BCUT2D eigenvalue weighted by Crippen LogP contribution is 2.25. The molecule has 84 valence electrons. The van der Waals surface area contributed by atoms with Crippen LogP contribution in [0.2, 0.25) is 0 Å². The maximum atomic E-state index is 9.93. The Hall–Kier alpha value is -1.02. The molecule has 0 unspecified atom stereocenters. The lowest BCUT2D eigenvalue weighted by atomic mass is 10.0. The number of aryl methyl sites for hydroxylation is 2. The van der Waals surface area contributed by atoms with Crippen molar-refractivity contribution in [3.63, 3.8) is 0 Å². The van der Waals surface area contributed by atoms with Crippen LogP contribution in [0.3, 0.4) is 0 Å². The summed E-state index contributed by atoms with van der Waals surface area (Å²) in [7, 11) is 0. The molecule has 2 nitrogen and oxygen atoms in total. The molecule has 0 aliphatic rings. The lowest BCUT2D eigenvalue weighted by Crippen LogP contribution is -1.97. The third-order valence-electron chi connectivity index (χ3n) is 2.40. The first-order chi connectivity index (χ1) is 7.19. The molecule has 0 aliphatic carbocycles. The van der Waals surface area contributed by atoms with Gasteiger partial charge in [0.25, 0.3) is 0 Å². The van der Waals surface area contributed by atoms with Crippen molar-refractivity contribution in [1.29, 1.82) is 0 Å². The minimum atomic E-state index is 0.402. The summed E-state index contributed by atoms with van der Waals surface area (Å²) < 4.78 is 5.44. The van der Waals surface area contributed by atoms with Crippen LogP contribution < -0.4 is 0 Å². The van der Waals surface area contributed by atoms with Crippen molar-refractivity contribution in [2.45, 2.75) is 40.2 Å². The SMILES string of the molecule is CCCOCc1cc(C)cc(CC)c1O. The predicted octanol–water partition coefficient (Wildman–Crippen LogP) is 3.19. The zero-order valence-corrected chi connectivity index (χ0v) is 9.84. The van der Waals surface area contributed by atoms with E-state index in [4.69, 9.17) is 4.74 Å². The monoisotopic (exact) mass is 208 g/mol. The third kappa shape index (κ3) is 3.24. The van der Waals surface area contributed by atoms with Gasteiger partial charge < -0.3 is 9.84 Å². The number of phenolic OH excluding ortho intramolecular Hbond substituents is 1. The quantitative estimate of drug-likeness (QED) is 0.753. The van der Waals surface area contributed by atoms with Crippen molar-refractivity contribution in [2.75, 3.05) is 6.61 Å². The van der Waals surface area contributed by atoms with Crippen molar-refractivity contribution in [2.24, 2.45) is 0 Å².